The minimum absolute atomic E-state index is 0.243. The Kier molecular flexibility index (Phi) is 4.53. The van der Waals surface area contributed by atoms with Crippen molar-refractivity contribution >= 4 is 28.2 Å². The van der Waals surface area contributed by atoms with Crippen molar-refractivity contribution in [3.63, 3.8) is 0 Å². The third-order valence-corrected chi connectivity index (χ3v) is 3.18. The Morgan fingerprint density at radius 3 is 2.50 bits per heavy atom. The highest BCUT2D eigenvalue weighted by atomic mass is 79.9. The van der Waals surface area contributed by atoms with Gasteiger partial charge in [0.15, 0.2) is 11.5 Å². The Balaban J connectivity index is 2.34. The number of ether oxygens (including phenoxy) is 2. The third kappa shape index (κ3) is 3.05. The molecule has 102 valence electrons. The van der Waals surface area contributed by atoms with Crippen LogP contribution >= 0.6 is 15.9 Å². The van der Waals surface area contributed by atoms with Gasteiger partial charge in [0, 0.05) is 5.56 Å². The molecule has 20 heavy (non-hydrogen) atoms. The minimum Gasteiger partial charge on any atom is -0.493 e. The normalized spacial score (nSPS) is 9.90. The summed E-state index contributed by atoms with van der Waals surface area (Å²) in [6.45, 7) is 0. The Morgan fingerprint density at radius 2 is 1.90 bits per heavy atom. The molecular weight excluding hydrogens is 324 g/mol. The van der Waals surface area contributed by atoms with E-state index in [1.54, 1.807) is 30.3 Å². The molecule has 0 aliphatic heterocycles. The number of carbonyl (C=O) groups is 2. The topological polar surface area (TPSA) is 52.6 Å². The molecule has 0 unspecified atom stereocenters. The first-order valence-corrected chi connectivity index (χ1v) is 6.55. The van der Waals surface area contributed by atoms with Crippen LogP contribution in [-0.2, 0) is 0 Å². The lowest BCUT2D eigenvalue weighted by atomic mass is 10.2. The van der Waals surface area contributed by atoms with Crippen molar-refractivity contribution in [3.05, 3.63) is 58.1 Å². The number of hydrogen-bond donors (Lipinski definition) is 0. The summed E-state index contributed by atoms with van der Waals surface area (Å²) in [6, 6.07) is 11.7. The molecule has 0 bridgehead atoms. The quantitative estimate of drug-likeness (QED) is 0.488. The maximum Gasteiger partial charge on any atom is 0.343 e. The molecule has 0 atom stereocenters. The summed E-state index contributed by atoms with van der Waals surface area (Å²) in [5, 5.41) is 0. The van der Waals surface area contributed by atoms with Crippen molar-refractivity contribution in [2.24, 2.45) is 0 Å². The van der Waals surface area contributed by atoms with Crippen LogP contribution in [0.4, 0.5) is 0 Å². The van der Waals surface area contributed by atoms with Gasteiger partial charge in [-0.2, -0.15) is 0 Å². The second-order valence-corrected chi connectivity index (χ2v) is 4.76. The molecular formula is C15H11BrO4. The van der Waals surface area contributed by atoms with Gasteiger partial charge in [0.2, 0.25) is 0 Å². The maximum atomic E-state index is 12.0. The molecule has 0 fully saturated rings. The molecule has 0 radical (unpaired) electrons. The van der Waals surface area contributed by atoms with Gasteiger partial charge in [-0.15, -0.1) is 0 Å². The van der Waals surface area contributed by atoms with Gasteiger partial charge in [-0.25, -0.2) is 4.79 Å². The van der Waals surface area contributed by atoms with Crippen molar-refractivity contribution in [1.29, 1.82) is 0 Å². The number of methoxy groups -OCH3 is 1. The fourth-order valence-electron chi connectivity index (χ4n) is 1.63. The van der Waals surface area contributed by atoms with Crippen LogP contribution in [0.3, 0.4) is 0 Å². The predicted octanol–water partition coefficient (Wildman–Crippen LogP) is 3.49. The average Bonchev–Trinajstić information content (AvgIpc) is 2.49. The second kappa shape index (κ2) is 6.34. The first kappa shape index (κ1) is 14.3. The number of hydrogen-bond acceptors (Lipinski definition) is 4. The summed E-state index contributed by atoms with van der Waals surface area (Å²) in [5.74, 6) is 0.0566. The van der Waals surface area contributed by atoms with E-state index in [1.807, 2.05) is 6.07 Å². The first-order chi connectivity index (χ1) is 9.65. The van der Waals surface area contributed by atoms with Crippen LogP contribution in [0.5, 0.6) is 11.5 Å². The Bertz CT molecular complexity index is 638. The minimum atomic E-state index is -0.497. The van der Waals surface area contributed by atoms with E-state index < -0.39 is 5.97 Å². The van der Waals surface area contributed by atoms with Gasteiger partial charge in [0.25, 0.3) is 0 Å². The van der Waals surface area contributed by atoms with Crippen LogP contribution in [0, 0.1) is 0 Å². The maximum absolute atomic E-state index is 12.0. The number of carbonyl (C=O) groups excluding carboxylic acids is 2. The molecule has 0 aliphatic rings. The molecule has 2 rings (SSSR count). The molecule has 5 heteroatoms. The van der Waals surface area contributed by atoms with Gasteiger partial charge in [-0.05, 0) is 40.2 Å². The SMILES string of the molecule is COc1cc(C=O)cc(Br)c1OC(=O)c1ccccc1. The van der Waals surface area contributed by atoms with Crippen LogP contribution in [0.2, 0.25) is 0 Å². The molecule has 0 saturated carbocycles. The van der Waals surface area contributed by atoms with Gasteiger partial charge in [-0.3, -0.25) is 4.79 Å². The lowest BCUT2D eigenvalue weighted by Crippen LogP contribution is -2.09. The van der Waals surface area contributed by atoms with E-state index in [2.05, 4.69) is 15.9 Å². The van der Waals surface area contributed by atoms with Gasteiger partial charge < -0.3 is 9.47 Å². The average molecular weight is 335 g/mol. The van der Waals surface area contributed by atoms with Crippen LogP contribution in [0.1, 0.15) is 20.7 Å². The van der Waals surface area contributed by atoms with E-state index in [-0.39, 0.29) is 5.75 Å². The molecule has 0 amide bonds. The monoisotopic (exact) mass is 334 g/mol. The lowest BCUT2D eigenvalue weighted by molar-refractivity contribution is 0.0728. The number of halogens is 1. The summed E-state index contributed by atoms with van der Waals surface area (Å²) in [6.07, 6.45) is 0.691. The number of esters is 1. The van der Waals surface area contributed by atoms with E-state index in [0.29, 0.717) is 27.6 Å². The van der Waals surface area contributed by atoms with E-state index in [4.69, 9.17) is 9.47 Å². The van der Waals surface area contributed by atoms with Crippen molar-refractivity contribution in [2.45, 2.75) is 0 Å². The van der Waals surface area contributed by atoms with E-state index >= 15 is 0 Å². The zero-order valence-corrected chi connectivity index (χ0v) is 12.2. The van der Waals surface area contributed by atoms with Crippen molar-refractivity contribution in [3.8, 4) is 11.5 Å². The molecule has 0 spiro atoms. The van der Waals surface area contributed by atoms with Crippen molar-refractivity contribution < 1.29 is 19.1 Å². The highest BCUT2D eigenvalue weighted by Crippen LogP contribution is 2.36. The lowest BCUT2D eigenvalue weighted by Gasteiger charge is -2.11. The van der Waals surface area contributed by atoms with Crippen molar-refractivity contribution in [2.75, 3.05) is 7.11 Å². The molecule has 0 saturated heterocycles. The standard InChI is InChI=1S/C15H11BrO4/c1-19-13-8-10(9-17)7-12(16)14(13)20-15(18)11-5-3-2-4-6-11/h2-9H,1H3. The van der Waals surface area contributed by atoms with E-state index in [0.717, 1.165) is 0 Å². The summed E-state index contributed by atoms with van der Waals surface area (Å²) < 4.78 is 10.9. The first-order valence-electron chi connectivity index (χ1n) is 5.75. The Morgan fingerprint density at radius 1 is 1.20 bits per heavy atom. The fraction of sp³-hybridized carbons (Fsp3) is 0.0667. The highest BCUT2D eigenvalue weighted by molar-refractivity contribution is 9.10. The zero-order valence-electron chi connectivity index (χ0n) is 10.6. The molecule has 0 aromatic heterocycles. The second-order valence-electron chi connectivity index (χ2n) is 3.91. The van der Waals surface area contributed by atoms with Crippen LogP contribution in [-0.4, -0.2) is 19.4 Å². The van der Waals surface area contributed by atoms with Gasteiger partial charge in [0.05, 0.1) is 17.1 Å². The molecule has 4 nitrogen and oxygen atoms in total. The van der Waals surface area contributed by atoms with Gasteiger partial charge >= 0.3 is 5.97 Å². The molecule has 2 aromatic carbocycles. The highest BCUT2D eigenvalue weighted by Gasteiger charge is 2.16. The molecule has 0 heterocycles. The number of aldehydes is 1. The molecule has 2 aromatic rings. The fourth-order valence-corrected chi connectivity index (χ4v) is 2.17. The molecule has 0 N–H and O–H groups in total. The smallest absolute Gasteiger partial charge is 0.343 e. The Labute approximate surface area is 124 Å². The van der Waals surface area contributed by atoms with Crippen LogP contribution in [0.25, 0.3) is 0 Å². The largest absolute Gasteiger partial charge is 0.493 e. The summed E-state index contributed by atoms with van der Waals surface area (Å²) in [4.78, 5) is 22.8. The van der Waals surface area contributed by atoms with Crippen molar-refractivity contribution in [1.82, 2.24) is 0 Å². The van der Waals surface area contributed by atoms with E-state index in [9.17, 15) is 9.59 Å². The number of rotatable bonds is 4. The zero-order chi connectivity index (χ0) is 14.5. The summed E-state index contributed by atoms with van der Waals surface area (Å²) in [5.41, 5.74) is 0.856. The van der Waals surface area contributed by atoms with Gasteiger partial charge in [-0.1, -0.05) is 18.2 Å². The van der Waals surface area contributed by atoms with Crippen LogP contribution in [0.15, 0.2) is 46.9 Å². The molecule has 0 aliphatic carbocycles. The predicted molar refractivity (Wildman–Crippen MR) is 77.5 cm³/mol. The Hall–Kier alpha value is -2.14. The third-order valence-electron chi connectivity index (χ3n) is 2.59. The van der Waals surface area contributed by atoms with E-state index in [1.165, 1.54) is 13.2 Å². The summed E-state index contributed by atoms with van der Waals surface area (Å²) >= 11 is 3.26. The summed E-state index contributed by atoms with van der Waals surface area (Å²) in [7, 11) is 1.44. The number of benzene rings is 2. The van der Waals surface area contributed by atoms with Crippen LogP contribution < -0.4 is 9.47 Å². The van der Waals surface area contributed by atoms with Gasteiger partial charge in [0.1, 0.15) is 6.29 Å².